The van der Waals surface area contributed by atoms with E-state index >= 15 is 0 Å². The van der Waals surface area contributed by atoms with Crippen LogP contribution in [-0.2, 0) is 0 Å². The molecule has 5 heteroatoms. The van der Waals surface area contributed by atoms with Gasteiger partial charge in [0.2, 0.25) is 0 Å². The van der Waals surface area contributed by atoms with E-state index in [-0.39, 0.29) is 6.10 Å². The summed E-state index contributed by atoms with van der Waals surface area (Å²) < 4.78 is 0. The van der Waals surface area contributed by atoms with Crippen LogP contribution in [0.1, 0.15) is 37.4 Å². The summed E-state index contributed by atoms with van der Waals surface area (Å²) in [5, 5.41) is 12.9. The van der Waals surface area contributed by atoms with E-state index in [2.05, 4.69) is 20.2 Å². The SMILES string of the molecule is OC1CCN(c2cnc(C3CCCN3)cn2)CC1. The number of aliphatic hydroxyl groups is 1. The van der Waals surface area contributed by atoms with Gasteiger partial charge in [-0.15, -0.1) is 0 Å². The molecule has 2 aliphatic heterocycles. The van der Waals surface area contributed by atoms with Gasteiger partial charge in [0, 0.05) is 13.1 Å². The van der Waals surface area contributed by atoms with Gasteiger partial charge in [0.1, 0.15) is 5.82 Å². The second-order valence-corrected chi connectivity index (χ2v) is 5.17. The van der Waals surface area contributed by atoms with Gasteiger partial charge < -0.3 is 15.3 Å². The average Bonchev–Trinajstić information content (AvgIpc) is 2.94. The third kappa shape index (κ3) is 2.47. The monoisotopic (exact) mass is 248 g/mol. The lowest BCUT2D eigenvalue weighted by Crippen LogP contribution is -2.36. The molecule has 0 amide bonds. The number of nitrogens with one attached hydrogen (secondary N) is 1. The molecule has 1 atom stereocenters. The molecule has 2 fully saturated rings. The van der Waals surface area contributed by atoms with E-state index in [1.807, 2.05) is 12.4 Å². The molecule has 0 saturated carbocycles. The third-order valence-electron chi connectivity index (χ3n) is 3.86. The molecule has 2 saturated heterocycles. The van der Waals surface area contributed by atoms with Gasteiger partial charge in [-0.25, -0.2) is 4.98 Å². The maximum Gasteiger partial charge on any atom is 0.147 e. The number of aromatic nitrogens is 2. The van der Waals surface area contributed by atoms with Gasteiger partial charge in [-0.3, -0.25) is 4.98 Å². The summed E-state index contributed by atoms with van der Waals surface area (Å²) in [6, 6.07) is 0.384. The summed E-state index contributed by atoms with van der Waals surface area (Å²) in [4.78, 5) is 11.2. The van der Waals surface area contributed by atoms with Crippen LogP contribution in [0.5, 0.6) is 0 Å². The van der Waals surface area contributed by atoms with Crippen LogP contribution in [-0.4, -0.2) is 40.8 Å². The van der Waals surface area contributed by atoms with Gasteiger partial charge in [0.25, 0.3) is 0 Å². The van der Waals surface area contributed by atoms with Crippen LogP contribution < -0.4 is 10.2 Å². The molecule has 1 aromatic heterocycles. The normalized spacial score (nSPS) is 25.6. The zero-order chi connectivity index (χ0) is 12.4. The molecule has 3 heterocycles. The van der Waals surface area contributed by atoms with Crippen molar-refractivity contribution in [2.75, 3.05) is 24.5 Å². The zero-order valence-electron chi connectivity index (χ0n) is 10.5. The van der Waals surface area contributed by atoms with Crippen LogP contribution in [0.2, 0.25) is 0 Å². The second-order valence-electron chi connectivity index (χ2n) is 5.17. The van der Waals surface area contributed by atoms with Gasteiger partial charge in [0.15, 0.2) is 0 Å². The Morgan fingerprint density at radius 2 is 2.00 bits per heavy atom. The van der Waals surface area contributed by atoms with E-state index in [9.17, 15) is 5.11 Å². The highest BCUT2D eigenvalue weighted by molar-refractivity contribution is 5.36. The minimum Gasteiger partial charge on any atom is -0.393 e. The molecule has 0 aromatic carbocycles. The van der Waals surface area contributed by atoms with Gasteiger partial charge >= 0.3 is 0 Å². The van der Waals surface area contributed by atoms with Crippen molar-refractivity contribution in [2.24, 2.45) is 0 Å². The Hall–Kier alpha value is -1.20. The van der Waals surface area contributed by atoms with Gasteiger partial charge in [-0.05, 0) is 32.2 Å². The van der Waals surface area contributed by atoms with Crippen molar-refractivity contribution < 1.29 is 5.11 Å². The maximum atomic E-state index is 9.49. The Balaban J connectivity index is 1.67. The first-order valence-corrected chi connectivity index (χ1v) is 6.81. The lowest BCUT2D eigenvalue weighted by Gasteiger charge is -2.30. The van der Waals surface area contributed by atoms with Gasteiger partial charge in [-0.1, -0.05) is 0 Å². The van der Waals surface area contributed by atoms with Crippen molar-refractivity contribution in [1.29, 1.82) is 0 Å². The van der Waals surface area contributed by atoms with Gasteiger partial charge in [-0.2, -0.15) is 0 Å². The topological polar surface area (TPSA) is 61.3 Å². The summed E-state index contributed by atoms with van der Waals surface area (Å²) in [6.45, 7) is 2.83. The zero-order valence-corrected chi connectivity index (χ0v) is 10.5. The smallest absolute Gasteiger partial charge is 0.147 e. The highest BCUT2D eigenvalue weighted by Crippen LogP contribution is 2.22. The van der Waals surface area contributed by atoms with Crippen LogP contribution in [0.3, 0.4) is 0 Å². The fraction of sp³-hybridized carbons (Fsp3) is 0.692. The predicted molar refractivity (Wildman–Crippen MR) is 69.5 cm³/mol. The van der Waals surface area contributed by atoms with E-state index in [0.717, 1.165) is 50.4 Å². The quantitative estimate of drug-likeness (QED) is 0.813. The van der Waals surface area contributed by atoms with E-state index in [1.54, 1.807) is 0 Å². The number of nitrogens with zero attached hydrogens (tertiary/aromatic N) is 3. The predicted octanol–water partition coefficient (Wildman–Crippen LogP) is 0.862. The van der Waals surface area contributed by atoms with E-state index in [1.165, 1.54) is 6.42 Å². The minimum absolute atomic E-state index is 0.142. The molecule has 0 aliphatic carbocycles. The summed E-state index contributed by atoms with van der Waals surface area (Å²) in [7, 11) is 0. The van der Waals surface area contributed by atoms with Crippen LogP contribution in [0.15, 0.2) is 12.4 Å². The first-order valence-electron chi connectivity index (χ1n) is 6.81. The molecular formula is C13H20N4O. The number of hydrogen-bond acceptors (Lipinski definition) is 5. The molecule has 1 unspecified atom stereocenters. The van der Waals surface area contributed by atoms with E-state index < -0.39 is 0 Å². The molecule has 5 nitrogen and oxygen atoms in total. The fourth-order valence-electron chi connectivity index (χ4n) is 2.71. The molecule has 1 aromatic rings. The van der Waals surface area contributed by atoms with Gasteiger partial charge in [0.05, 0.1) is 30.2 Å². The highest BCUT2D eigenvalue weighted by atomic mass is 16.3. The largest absolute Gasteiger partial charge is 0.393 e. The second kappa shape index (κ2) is 5.20. The first-order chi connectivity index (χ1) is 8.83. The maximum absolute atomic E-state index is 9.49. The first kappa shape index (κ1) is 11.9. The molecule has 0 bridgehead atoms. The minimum atomic E-state index is -0.142. The van der Waals surface area contributed by atoms with Crippen LogP contribution in [0.4, 0.5) is 5.82 Å². The molecule has 98 valence electrons. The summed E-state index contributed by atoms with van der Waals surface area (Å²) in [5.74, 6) is 0.934. The Kier molecular flexibility index (Phi) is 3.43. The fourth-order valence-corrected chi connectivity index (χ4v) is 2.71. The molecular weight excluding hydrogens is 228 g/mol. The molecule has 0 radical (unpaired) electrons. The van der Waals surface area contributed by atoms with Crippen molar-refractivity contribution >= 4 is 5.82 Å². The van der Waals surface area contributed by atoms with E-state index in [0.29, 0.717) is 6.04 Å². The summed E-state index contributed by atoms with van der Waals surface area (Å²) in [6.07, 6.45) is 7.65. The molecule has 0 spiro atoms. The highest BCUT2D eigenvalue weighted by Gasteiger charge is 2.20. The number of hydrogen-bond donors (Lipinski definition) is 2. The number of anilines is 1. The average molecular weight is 248 g/mol. The lowest BCUT2D eigenvalue weighted by molar-refractivity contribution is 0.145. The standard InChI is InChI=1S/C13H20N4O/c18-10-3-6-17(7-4-10)13-9-15-12(8-16-13)11-2-1-5-14-11/h8-11,14,18H,1-7H2. The molecule has 2 aliphatic rings. The number of piperidine rings is 1. The van der Waals surface area contributed by atoms with Crippen molar-refractivity contribution in [3.05, 3.63) is 18.1 Å². The molecule has 18 heavy (non-hydrogen) atoms. The number of aliphatic hydroxyl groups excluding tert-OH is 1. The summed E-state index contributed by atoms with van der Waals surface area (Å²) >= 11 is 0. The van der Waals surface area contributed by atoms with Crippen molar-refractivity contribution in [2.45, 2.75) is 37.8 Å². The van der Waals surface area contributed by atoms with Crippen molar-refractivity contribution in [3.8, 4) is 0 Å². The molecule has 3 rings (SSSR count). The number of rotatable bonds is 2. The van der Waals surface area contributed by atoms with Crippen LogP contribution >= 0.6 is 0 Å². The Morgan fingerprint density at radius 3 is 2.61 bits per heavy atom. The van der Waals surface area contributed by atoms with Crippen LogP contribution in [0, 0.1) is 0 Å². The lowest BCUT2D eigenvalue weighted by atomic mass is 10.1. The van der Waals surface area contributed by atoms with Crippen LogP contribution in [0.25, 0.3) is 0 Å². The molecule has 2 N–H and O–H groups in total. The Bertz CT molecular complexity index is 380. The van der Waals surface area contributed by atoms with Crippen molar-refractivity contribution in [1.82, 2.24) is 15.3 Å². The van der Waals surface area contributed by atoms with E-state index in [4.69, 9.17) is 0 Å². The Morgan fingerprint density at radius 1 is 1.17 bits per heavy atom. The third-order valence-corrected chi connectivity index (χ3v) is 3.86. The van der Waals surface area contributed by atoms with Crippen molar-refractivity contribution in [3.63, 3.8) is 0 Å². The summed E-state index contributed by atoms with van der Waals surface area (Å²) in [5.41, 5.74) is 1.05. The Labute approximate surface area is 107 Å².